The van der Waals surface area contributed by atoms with E-state index in [2.05, 4.69) is 10.6 Å². The summed E-state index contributed by atoms with van der Waals surface area (Å²) in [6, 6.07) is 30.0. The van der Waals surface area contributed by atoms with Gasteiger partial charge >= 0.3 is 5.97 Å². The number of aromatic carboxylic acids is 1. The molecular weight excluding hydrogens is 508 g/mol. The lowest BCUT2D eigenvalue weighted by Gasteiger charge is -2.12. The molecule has 0 fully saturated rings. The summed E-state index contributed by atoms with van der Waals surface area (Å²) in [5.74, 6) is -0.168. The Labute approximate surface area is 232 Å². The Morgan fingerprint density at radius 1 is 0.675 bits per heavy atom. The van der Waals surface area contributed by atoms with E-state index in [1.165, 1.54) is 24.3 Å². The van der Waals surface area contributed by atoms with E-state index in [-0.39, 0.29) is 17.9 Å². The van der Waals surface area contributed by atoms with Crippen LogP contribution in [0.4, 0.5) is 11.4 Å². The molecule has 0 spiro atoms. The van der Waals surface area contributed by atoms with Crippen LogP contribution in [0.1, 0.15) is 45.5 Å². The Hall–Kier alpha value is -5.11. The summed E-state index contributed by atoms with van der Waals surface area (Å²) in [7, 11) is 0. The van der Waals surface area contributed by atoms with Gasteiger partial charge in [0.2, 0.25) is 5.91 Å². The number of nitrogens with one attached hydrogen (secondary N) is 2. The van der Waals surface area contributed by atoms with E-state index in [1.54, 1.807) is 24.3 Å². The van der Waals surface area contributed by atoms with Gasteiger partial charge in [0.15, 0.2) is 0 Å². The number of hydrogen-bond acceptors (Lipinski definition) is 5. The maximum Gasteiger partial charge on any atom is 0.335 e. The molecule has 8 heteroatoms. The average molecular weight is 539 g/mol. The number of unbranched alkanes of at least 4 members (excludes halogenated alkanes) is 1. The number of hydrogen-bond donors (Lipinski definition) is 3. The second-order valence-electron chi connectivity index (χ2n) is 8.98. The summed E-state index contributed by atoms with van der Waals surface area (Å²) < 4.78 is 11.6. The zero-order valence-electron chi connectivity index (χ0n) is 21.8. The van der Waals surface area contributed by atoms with Crippen molar-refractivity contribution in [2.75, 3.05) is 17.2 Å². The Morgan fingerprint density at radius 2 is 1.32 bits per heavy atom. The molecule has 0 aliphatic heterocycles. The highest BCUT2D eigenvalue weighted by molar-refractivity contribution is 6.10. The average Bonchev–Trinajstić information content (AvgIpc) is 2.97. The summed E-state index contributed by atoms with van der Waals surface area (Å²) in [5.41, 5.74) is 2.38. The van der Waals surface area contributed by atoms with Gasteiger partial charge in [0.05, 0.1) is 23.4 Å². The van der Waals surface area contributed by atoms with Crippen molar-refractivity contribution in [3.8, 4) is 11.5 Å². The van der Waals surface area contributed by atoms with E-state index in [9.17, 15) is 14.4 Å². The van der Waals surface area contributed by atoms with Crippen molar-refractivity contribution in [3.05, 3.63) is 120 Å². The molecule has 0 aliphatic rings. The highest BCUT2D eigenvalue weighted by atomic mass is 16.5. The van der Waals surface area contributed by atoms with E-state index in [4.69, 9.17) is 14.6 Å². The number of anilines is 2. The summed E-state index contributed by atoms with van der Waals surface area (Å²) in [5, 5.41) is 14.5. The highest BCUT2D eigenvalue weighted by Crippen LogP contribution is 2.20. The van der Waals surface area contributed by atoms with E-state index in [1.807, 2.05) is 54.6 Å². The van der Waals surface area contributed by atoms with Gasteiger partial charge in [-0.15, -0.1) is 0 Å². The summed E-state index contributed by atoms with van der Waals surface area (Å²) >= 11 is 0. The predicted octanol–water partition coefficient (Wildman–Crippen LogP) is 6.40. The number of ether oxygens (including phenoxy) is 2. The van der Waals surface area contributed by atoms with E-state index in [0.717, 1.165) is 17.1 Å². The van der Waals surface area contributed by atoms with Crippen LogP contribution in [0.2, 0.25) is 0 Å². The smallest absolute Gasteiger partial charge is 0.335 e. The fraction of sp³-hybridized carbons (Fsp3) is 0.156. The maximum atomic E-state index is 12.8. The quantitative estimate of drug-likeness (QED) is 0.170. The van der Waals surface area contributed by atoms with Crippen LogP contribution >= 0.6 is 0 Å². The molecule has 8 nitrogen and oxygen atoms in total. The lowest BCUT2D eigenvalue weighted by molar-refractivity contribution is -0.116. The van der Waals surface area contributed by atoms with Gasteiger partial charge < -0.3 is 25.2 Å². The molecule has 40 heavy (non-hydrogen) atoms. The van der Waals surface area contributed by atoms with Crippen molar-refractivity contribution in [1.29, 1.82) is 0 Å². The highest BCUT2D eigenvalue weighted by Gasteiger charge is 2.14. The van der Waals surface area contributed by atoms with Gasteiger partial charge in [-0.1, -0.05) is 42.5 Å². The third kappa shape index (κ3) is 8.46. The molecule has 4 aromatic rings. The molecule has 2 amide bonds. The lowest BCUT2D eigenvalue weighted by Crippen LogP contribution is -2.18. The summed E-state index contributed by atoms with van der Waals surface area (Å²) in [6.07, 6.45) is 1.59. The largest absolute Gasteiger partial charge is 0.494 e. The molecule has 0 unspecified atom stereocenters. The Bertz CT molecular complexity index is 1420. The fourth-order valence-electron chi connectivity index (χ4n) is 3.85. The topological polar surface area (TPSA) is 114 Å². The number of amides is 2. The number of carboxylic acid groups (broad SMARTS) is 1. The molecule has 0 aromatic heterocycles. The van der Waals surface area contributed by atoms with E-state index in [0.29, 0.717) is 43.0 Å². The van der Waals surface area contributed by atoms with Crippen LogP contribution in [0.25, 0.3) is 0 Å². The van der Waals surface area contributed by atoms with Gasteiger partial charge in [-0.05, 0) is 79.1 Å². The molecule has 0 radical (unpaired) electrons. The number of carboxylic acids is 1. The molecule has 204 valence electrons. The number of carbonyl (C=O) groups is 3. The van der Waals surface area contributed by atoms with Crippen LogP contribution < -0.4 is 20.1 Å². The molecule has 0 saturated carbocycles. The van der Waals surface area contributed by atoms with Crippen LogP contribution in [-0.2, 0) is 11.4 Å². The minimum atomic E-state index is -1.04. The summed E-state index contributed by atoms with van der Waals surface area (Å²) in [4.78, 5) is 36.3. The van der Waals surface area contributed by atoms with Crippen molar-refractivity contribution < 1.29 is 29.0 Å². The second kappa shape index (κ2) is 14.2. The van der Waals surface area contributed by atoms with Gasteiger partial charge in [-0.25, -0.2) is 4.79 Å². The Morgan fingerprint density at radius 3 is 2.02 bits per heavy atom. The standard InChI is InChI=1S/C32H30N2O6/c35-30(12-6-7-21-39-26-17-19-27(20-18-26)40-22-23-8-2-1-3-9-23)34-29-11-5-4-10-28(29)31(36)33-25-15-13-24(14-16-25)32(37)38/h1-5,8-11,13-20H,6-7,12,21-22H2,(H,33,36)(H,34,35)(H,37,38). The number of benzene rings is 4. The Kier molecular flexibility index (Phi) is 9.88. The number of para-hydroxylation sites is 1. The molecule has 4 rings (SSSR count). The van der Waals surface area contributed by atoms with Crippen LogP contribution in [0.3, 0.4) is 0 Å². The molecule has 0 atom stereocenters. The van der Waals surface area contributed by atoms with Crippen molar-refractivity contribution in [2.45, 2.75) is 25.9 Å². The summed E-state index contributed by atoms with van der Waals surface area (Å²) in [6.45, 7) is 0.970. The van der Waals surface area contributed by atoms with Gasteiger partial charge in [0, 0.05) is 12.1 Å². The van der Waals surface area contributed by atoms with Crippen molar-refractivity contribution in [1.82, 2.24) is 0 Å². The number of carbonyl (C=O) groups excluding carboxylic acids is 2. The van der Waals surface area contributed by atoms with E-state index < -0.39 is 11.9 Å². The maximum absolute atomic E-state index is 12.8. The second-order valence-corrected chi connectivity index (χ2v) is 8.98. The first-order chi connectivity index (χ1) is 19.5. The number of rotatable bonds is 13. The lowest BCUT2D eigenvalue weighted by atomic mass is 10.1. The van der Waals surface area contributed by atoms with Gasteiger partial charge in [-0.3, -0.25) is 9.59 Å². The molecule has 3 N–H and O–H groups in total. The van der Waals surface area contributed by atoms with Gasteiger partial charge in [-0.2, -0.15) is 0 Å². The first-order valence-electron chi connectivity index (χ1n) is 12.9. The molecule has 0 saturated heterocycles. The molecule has 0 aliphatic carbocycles. The molecule has 0 bridgehead atoms. The van der Waals surface area contributed by atoms with Crippen LogP contribution in [0.15, 0.2) is 103 Å². The van der Waals surface area contributed by atoms with Crippen molar-refractivity contribution in [3.63, 3.8) is 0 Å². The zero-order valence-corrected chi connectivity index (χ0v) is 21.8. The third-order valence-corrected chi connectivity index (χ3v) is 5.97. The fourth-order valence-corrected chi connectivity index (χ4v) is 3.85. The molecule has 0 heterocycles. The first-order valence-corrected chi connectivity index (χ1v) is 12.9. The van der Waals surface area contributed by atoms with E-state index >= 15 is 0 Å². The van der Waals surface area contributed by atoms with Crippen LogP contribution in [0, 0.1) is 0 Å². The van der Waals surface area contributed by atoms with Crippen LogP contribution in [0.5, 0.6) is 11.5 Å². The predicted molar refractivity (Wildman–Crippen MR) is 153 cm³/mol. The SMILES string of the molecule is O=C(CCCCOc1ccc(OCc2ccccc2)cc1)Nc1ccccc1C(=O)Nc1ccc(C(=O)O)cc1. The zero-order chi connectivity index (χ0) is 28.2. The van der Waals surface area contributed by atoms with Crippen molar-refractivity contribution >= 4 is 29.2 Å². The Balaban J connectivity index is 1.17. The normalized spacial score (nSPS) is 10.4. The minimum Gasteiger partial charge on any atom is -0.494 e. The molecular formula is C32H30N2O6. The van der Waals surface area contributed by atoms with Gasteiger partial charge in [0.25, 0.3) is 5.91 Å². The minimum absolute atomic E-state index is 0.123. The van der Waals surface area contributed by atoms with Gasteiger partial charge in [0.1, 0.15) is 18.1 Å². The van der Waals surface area contributed by atoms with Crippen LogP contribution in [-0.4, -0.2) is 29.5 Å². The monoisotopic (exact) mass is 538 g/mol. The van der Waals surface area contributed by atoms with Crippen molar-refractivity contribution in [2.24, 2.45) is 0 Å². The third-order valence-electron chi connectivity index (χ3n) is 5.97. The molecule has 4 aromatic carbocycles. The first kappa shape index (κ1) is 27.9.